The minimum Gasteiger partial charge on any atom is -0.504 e. The molecule has 0 saturated heterocycles. The fourth-order valence-electron chi connectivity index (χ4n) is 0.978. The number of halogens is 1. The highest BCUT2D eigenvalue weighted by Gasteiger charge is 2.13. The van der Waals surface area contributed by atoms with Gasteiger partial charge in [0.25, 0.3) is 0 Å². The zero-order chi connectivity index (χ0) is 10.7. The van der Waals surface area contributed by atoms with Gasteiger partial charge < -0.3 is 14.9 Å². The molecule has 1 rings (SSSR count). The summed E-state index contributed by atoms with van der Waals surface area (Å²) in [5, 5.41) is 18.0. The quantitative estimate of drug-likeness (QED) is 0.813. The number of phenols is 1. The first-order valence-electron chi connectivity index (χ1n) is 3.94. The summed E-state index contributed by atoms with van der Waals surface area (Å²) in [4.78, 5) is 10.7. The Hall–Kier alpha value is -1.42. The molecule has 0 amide bonds. The first-order valence-corrected chi connectivity index (χ1v) is 4.32. The van der Waals surface area contributed by atoms with E-state index < -0.39 is 5.97 Å². The molecule has 0 heterocycles. The molecule has 0 radical (unpaired) electrons. The van der Waals surface area contributed by atoms with Crippen LogP contribution >= 0.6 is 11.6 Å². The fourth-order valence-corrected chi connectivity index (χ4v) is 1.22. The van der Waals surface area contributed by atoms with Gasteiger partial charge >= 0.3 is 5.97 Å². The first kappa shape index (κ1) is 10.7. The number of carboxylic acid groups (broad SMARTS) is 1. The minimum absolute atomic E-state index is 0.0153. The number of aromatic hydroxyl groups is 1. The van der Waals surface area contributed by atoms with Crippen LogP contribution in [0.5, 0.6) is 11.5 Å². The molecule has 2 N–H and O–H groups in total. The van der Waals surface area contributed by atoms with Crippen molar-refractivity contribution in [3.63, 3.8) is 0 Å². The first-order chi connectivity index (χ1) is 6.56. The average Bonchev–Trinajstić information content (AvgIpc) is 2.09. The molecule has 1 aromatic rings. The van der Waals surface area contributed by atoms with Crippen LogP contribution < -0.4 is 4.74 Å². The van der Waals surface area contributed by atoms with Crippen LogP contribution in [0.25, 0.3) is 0 Å². The Labute approximate surface area is 85.7 Å². The average molecular weight is 217 g/mol. The predicted octanol–water partition coefficient (Wildman–Crippen LogP) is 2.14. The number of carboxylic acids is 1. The minimum atomic E-state index is -1.16. The van der Waals surface area contributed by atoms with Gasteiger partial charge in [0, 0.05) is 6.07 Å². The lowest BCUT2D eigenvalue weighted by Crippen LogP contribution is -1.99. The molecule has 76 valence electrons. The lowest BCUT2D eigenvalue weighted by molar-refractivity contribution is 0.0696. The fraction of sp³-hybridized carbons (Fsp3) is 0.222. The van der Waals surface area contributed by atoms with E-state index >= 15 is 0 Å². The lowest BCUT2D eigenvalue weighted by atomic mass is 10.2. The Kier molecular flexibility index (Phi) is 3.19. The van der Waals surface area contributed by atoms with Crippen molar-refractivity contribution < 1.29 is 19.7 Å². The summed E-state index contributed by atoms with van der Waals surface area (Å²) in [7, 11) is 0. The highest BCUT2D eigenvalue weighted by molar-refractivity contribution is 6.33. The molecule has 0 atom stereocenters. The van der Waals surface area contributed by atoms with Crippen molar-refractivity contribution in [3.8, 4) is 11.5 Å². The molecule has 0 aromatic heterocycles. The maximum atomic E-state index is 10.7. The largest absolute Gasteiger partial charge is 0.504 e. The van der Waals surface area contributed by atoms with Crippen LogP contribution in [0.4, 0.5) is 0 Å². The van der Waals surface area contributed by atoms with Crippen LogP contribution in [0.2, 0.25) is 5.02 Å². The molecule has 0 aliphatic heterocycles. The van der Waals surface area contributed by atoms with Crippen LogP contribution in [0.3, 0.4) is 0 Å². The van der Waals surface area contributed by atoms with Crippen molar-refractivity contribution in [2.75, 3.05) is 6.61 Å². The van der Waals surface area contributed by atoms with Gasteiger partial charge in [-0.2, -0.15) is 0 Å². The topological polar surface area (TPSA) is 66.8 Å². The van der Waals surface area contributed by atoms with Gasteiger partial charge in [-0.05, 0) is 13.0 Å². The van der Waals surface area contributed by atoms with Crippen molar-refractivity contribution in [2.45, 2.75) is 6.92 Å². The van der Waals surface area contributed by atoms with E-state index in [-0.39, 0.29) is 22.1 Å². The molecular weight excluding hydrogens is 208 g/mol. The van der Waals surface area contributed by atoms with E-state index in [1.165, 1.54) is 6.07 Å². The molecule has 0 aliphatic rings. The molecule has 14 heavy (non-hydrogen) atoms. The van der Waals surface area contributed by atoms with E-state index in [0.29, 0.717) is 6.61 Å². The number of rotatable bonds is 3. The van der Waals surface area contributed by atoms with Gasteiger partial charge in [0.2, 0.25) is 0 Å². The van der Waals surface area contributed by atoms with Gasteiger partial charge in [-0.1, -0.05) is 11.6 Å². The van der Waals surface area contributed by atoms with Crippen LogP contribution in [-0.4, -0.2) is 22.8 Å². The third kappa shape index (κ3) is 2.09. The molecule has 0 saturated carbocycles. The summed E-state index contributed by atoms with van der Waals surface area (Å²) in [5.74, 6) is -1.20. The zero-order valence-electron chi connectivity index (χ0n) is 7.45. The van der Waals surface area contributed by atoms with Crippen molar-refractivity contribution in [1.82, 2.24) is 0 Å². The Bertz CT molecular complexity index is 362. The highest BCUT2D eigenvalue weighted by atomic mass is 35.5. The number of phenolic OH excluding ortho intramolecular Hbond substituents is 1. The normalized spacial score (nSPS) is 9.86. The molecular formula is C9H9ClO4. The second-order valence-electron chi connectivity index (χ2n) is 2.54. The molecule has 0 fully saturated rings. The summed E-state index contributed by atoms with van der Waals surface area (Å²) in [5.41, 5.74) is -0.0899. The Morgan fingerprint density at radius 1 is 1.57 bits per heavy atom. The smallest absolute Gasteiger partial charge is 0.337 e. The summed E-state index contributed by atoms with van der Waals surface area (Å²) >= 11 is 5.60. The van der Waals surface area contributed by atoms with Crippen LogP contribution in [0, 0.1) is 0 Å². The maximum Gasteiger partial charge on any atom is 0.337 e. The van der Waals surface area contributed by atoms with Crippen LogP contribution in [0.1, 0.15) is 17.3 Å². The van der Waals surface area contributed by atoms with Crippen molar-refractivity contribution >= 4 is 17.6 Å². The third-order valence-corrected chi connectivity index (χ3v) is 1.89. The van der Waals surface area contributed by atoms with Crippen LogP contribution in [0.15, 0.2) is 12.1 Å². The highest BCUT2D eigenvalue weighted by Crippen LogP contribution is 2.32. The summed E-state index contributed by atoms with van der Waals surface area (Å²) in [6, 6.07) is 2.35. The molecule has 0 bridgehead atoms. The molecule has 1 aromatic carbocycles. The van der Waals surface area contributed by atoms with E-state index in [9.17, 15) is 9.90 Å². The summed E-state index contributed by atoms with van der Waals surface area (Å²) in [6.45, 7) is 2.07. The maximum absolute atomic E-state index is 10.7. The summed E-state index contributed by atoms with van der Waals surface area (Å²) < 4.78 is 5.01. The Morgan fingerprint density at radius 3 is 2.71 bits per heavy atom. The van der Waals surface area contributed by atoms with Crippen molar-refractivity contribution in [1.29, 1.82) is 0 Å². The van der Waals surface area contributed by atoms with E-state index in [1.807, 2.05) is 0 Å². The Balaban J connectivity index is 3.20. The van der Waals surface area contributed by atoms with Gasteiger partial charge in [0.05, 0.1) is 17.2 Å². The van der Waals surface area contributed by atoms with Crippen LogP contribution in [-0.2, 0) is 0 Å². The van der Waals surface area contributed by atoms with Gasteiger partial charge in [-0.15, -0.1) is 0 Å². The second kappa shape index (κ2) is 4.19. The molecule has 4 nitrogen and oxygen atoms in total. The van der Waals surface area contributed by atoms with Gasteiger partial charge in [-0.25, -0.2) is 4.79 Å². The van der Waals surface area contributed by atoms with E-state index in [1.54, 1.807) is 6.92 Å². The van der Waals surface area contributed by atoms with Crippen molar-refractivity contribution in [2.24, 2.45) is 0 Å². The third-order valence-electron chi connectivity index (χ3n) is 1.58. The molecule has 0 spiro atoms. The van der Waals surface area contributed by atoms with Gasteiger partial charge in [0.15, 0.2) is 11.5 Å². The lowest BCUT2D eigenvalue weighted by Gasteiger charge is -2.07. The SMILES string of the molecule is CCOc1cc(C(=O)O)c(Cl)cc1O. The number of hydrogen-bond donors (Lipinski definition) is 2. The Morgan fingerprint density at radius 2 is 2.21 bits per heavy atom. The second-order valence-corrected chi connectivity index (χ2v) is 2.95. The predicted molar refractivity (Wildman–Crippen MR) is 51.2 cm³/mol. The monoisotopic (exact) mass is 216 g/mol. The summed E-state index contributed by atoms with van der Waals surface area (Å²) in [6.07, 6.45) is 0. The number of benzene rings is 1. The van der Waals surface area contributed by atoms with E-state index in [0.717, 1.165) is 6.07 Å². The molecule has 0 aliphatic carbocycles. The van der Waals surface area contributed by atoms with Crippen molar-refractivity contribution in [3.05, 3.63) is 22.7 Å². The van der Waals surface area contributed by atoms with Gasteiger partial charge in [-0.3, -0.25) is 0 Å². The zero-order valence-corrected chi connectivity index (χ0v) is 8.21. The van der Waals surface area contributed by atoms with E-state index in [2.05, 4.69) is 0 Å². The van der Waals surface area contributed by atoms with E-state index in [4.69, 9.17) is 21.4 Å². The number of ether oxygens (including phenoxy) is 1. The number of aromatic carboxylic acids is 1. The molecule has 0 unspecified atom stereocenters. The number of hydrogen-bond acceptors (Lipinski definition) is 3. The van der Waals surface area contributed by atoms with Gasteiger partial charge in [0.1, 0.15) is 0 Å². The molecule has 5 heteroatoms. The number of carbonyl (C=O) groups is 1. The standard InChI is InChI=1S/C9H9ClO4/c1-2-14-8-3-5(9(12)13)6(10)4-7(8)11/h3-4,11H,2H2,1H3,(H,12,13).